The molecule has 1 aromatic rings. The van der Waals surface area contributed by atoms with E-state index in [9.17, 15) is 4.79 Å². The average molecular weight is 378 g/mol. The highest BCUT2D eigenvalue weighted by molar-refractivity contribution is 6.23. The molecule has 142 valence electrons. The van der Waals surface area contributed by atoms with E-state index in [1.54, 1.807) is 0 Å². The number of piperidine rings is 1. The van der Waals surface area contributed by atoms with E-state index < -0.39 is 0 Å². The molecule has 4 N–H and O–H groups in total. The minimum Gasteiger partial charge on any atom is -0.341 e. The first-order valence-corrected chi connectivity index (χ1v) is 10.1. The van der Waals surface area contributed by atoms with Crippen molar-refractivity contribution in [2.24, 2.45) is 11.8 Å². The van der Waals surface area contributed by atoms with E-state index in [1.807, 2.05) is 4.90 Å². The number of alkyl halides is 1. The van der Waals surface area contributed by atoms with Crippen LogP contribution in [0.15, 0.2) is 30.3 Å². The lowest BCUT2D eigenvalue weighted by Crippen LogP contribution is -2.54. The zero-order valence-corrected chi connectivity index (χ0v) is 15.7. The van der Waals surface area contributed by atoms with Crippen molar-refractivity contribution in [3.05, 3.63) is 35.9 Å². The van der Waals surface area contributed by atoms with Gasteiger partial charge in [-0.05, 0) is 36.7 Å². The van der Waals surface area contributed by atoms with Gasteiger partial charge in [0.2, 0.25) is 5.91 Å². The fourth-order valence-electron chi connectivity index (χ4n) is 4.56. The molecule has 0 aromatic heterocycles. The summed E-state index contributed by atoms with van der Waals surface area (Å²) in [5.74, 6) is 1.15. The molecular weight excluding hydrogens is 350 g/mol. The molecule has 3 fully saturated rings. The number of nitrogens with zero attached hydrogens (tertiary/aromatic N) is 1. The van der Waals surface area contributed by atoms with Crippen LogP contribution in [0.5, 0.6) is 0 Å². The number of rotatable bonds is 4. The summed E-state index contributed by atoms with van der Waals surface area (Å²) in [5, 5.41) is -0.181. The minimum atomic E-state index is -0.315. The molecule has 3 heterocycles. The number of halogens is 1. The van der Waals surface area contributed by atoms with Crippen LogP contribution in [0.25, 0.3) is 0 Å². The van der Waals surface area contributed by atoms with Gasteiger partial charge >= 0.3 is 0 Å². The second-order valence-corrected chi connectivity index (χ2v) is 8.27. The molecule has 3 aliphatic heterocycles. The Morgan fingerprint density at radius 2 is 1.96 bits per heavy atom. The van der Waals surface area contributed by atoms with Crippen LogP contribution in [-0.4, -0.2) is 54.4 Å². The van der Waals surface area contributed by atoms with Gasteiger partial charge in [0.15, 0.2) is 0 Å². The second kappa shape index (κ2) is 8.23. The highest BCUT2D eigenvalue weighted by Crippen LogP contribution is 2.28. The molecule has 4 rings (SSSR count). The van der Waals surface area contributed by atoms with E-state index in [4.69, 9.17) is 11.6 Å². The van der Waals surface area contributed by atoms with Gasteiger partial charge in [-0.1, -0.05) is 30.3 Å². The van der Waals surface area contributed by atoms with Crippen LogP contribution in [0.1, 0.15) is 18.4 Å². The van der Waals surface area contributed by atoms with E-state index in [0.29, 0.717) is 24.4 Å². The largest absolute Gasteiger partial charge is 0.341 e. The van der Waals surface area contributed by atoms with E-state index >= 15 is 0 Å². The van der Waals surface area contributed by atoms with Gasteiger partial charge in [0.05, 0.1) is 5.38 Å². The first kappa shape index (κ1) is 18.2. The Morgan fingerprint density at radius 3 is 2.73 bits per heavy atom. The molecule has 7 heteroatoms. The summed E-state index contributed by atoms with van der Waals surface area (Å²) in [6.07, 6.45) is 3.28. The maximum Gasteiger partial charge on any atom is 0.242 e. The Kier molecular flexibility index (Phi) is 5.76. The maximum atomic E-state index is 12.8. The molecule has 0 aliphatic carbocycles. The number of benzene rings is 1. The van der Waals surface area contributed by atoms with Gasteiger partial charge in [-0.15, -0.1) is 11.6 Å². The predicted molar refractivity (Wildman–Crippen MR) is 102 cm³/mol. The number of carbonyl (C=O) groups excluding carboxylic acids is 1. The molecule has 5 unspecified atom stereocenters. The lowest BCUT2D eigenvalue weighted by Gasteiger charge is -2.38. The number of nitrogens with one attached hydrogen (secondary N) is 4. The third-order valence-corrected chi connectivity index (χ3v) is 6.35. The lowest BCUT2D eigenvalue weighted by molar-refractivity contribution is -0.135. The fraction of sp³-hybridized carbons (Fsp3) is 0.632. The second-order valence-electron chi connectivity index (χ2n) is 7.71. The van der Waals surface area contributed by atoms with Gasteiger partial charge in [0.1, 0.15) is 6.04 Å². The Balaban J connectivity index is 1.39. The summed E-state index contributed by atoms with van der Waals surface area (Å²) in [6, 6.07) is 10.8. The van der Waals surface area contributed by atoms with Crippen LogP contribution >= 0.6 is 11.6 Å². The van der Waals surface area contributed by atoms with Crippen LogP contribution in [0.2, 0.25) is 0 Å². The number of hydrogen-bond acceptors (Lipinski definition) is 5. The van der Waals surface area contributed by atoms with Crippen LogP contribution in [0.3, 0.4) is 0 Å². The zero-order chi connectivity index (χ0) is 17.9. The summed E-state index contributed by atoms with van der Waals surface area (Å²) in [4.78, 5) is 14.9. The first-order chi connectivity index (χ1) is 12.7. The van der Waals surface area contributed by atoms with Crippen molar-refractivity contribution in [1.29, 1.82) is 0 Å². The van der Waals surface area contributed by atoms with Crippen LogP contribution in [0.4, 0.5) is 0 Å². The number of likely N-dealkylation sites (tertiary alicyclic amines) is 1. The minimum absolute atomic E-state index is 0.130. The van der Waals surface area contributed by atoms with E-state index in [2.05, 4.69) is 52.0 Å². The molecule has 0 bridgehead atoms. The molecule has 0 radical (unpaired) electrons. The zero-order valence-electron chi connectivity index (χ0n) is 15.0. The van der Waals surface area contributed by atoms with Gasteiger partial charge in [-0.25, -0.2) is 5.43 Å². The van der Waals surface area contributed by atoms with Crippen molar-refractivity contribution in [3.8, 4) is 0 Å². The quantitative estimate of drug-likeness (QED) is 0.580. The summed E-state index contributed by atoms with van der Waals surface area (Å²) in [7, 11) is 0. The topological polar surface area (TPSA) is 68.4 Å². The highest BCUT2D eigenvalue weighted by Gasteiger charge is 2.40. The smallest absolute Gasteiger partial charge is 0.242 e. The SMILES string of the molecule is O=C(C1NNCC1Cl)N1CCCC(C2NNCC2Cc2ccccc2)C1. The third-order valence-electron chi connectivity index (χ3n) is 5.94. The molecule has 3 aliphatic rings. The van der Waals surface area contributed by atoms with Gasteiger partial charge < -0.3 is 4.90 Å². The average Bonchev–Trinajstić information content (AvgIpc) is 3.31. The van der Waals surface area contributed by atoms with Crippen molar-refractivity contribution in [3.63, 3.8) is 0 Å². The van der Waals surface area contributed by atoms with Gasteiger partial charge in [0.25, 0.3) is 0 Å². The van der Waals surface area contributed by atoms with Crippen molar-refractivity contribution < 1.29 is 4.79 Å². The van der Waals surface area contributed by atoms with Crippen molar-refractivity contribution in [2.45, 2.75) is 36.7 Å². The summed E-state index contributed by atoms with van der Waals surface area (Å²) in [5.41, 5.74) is 14.2. The molecule has 1 aromatic carbocycles. The van der Waals surface area contributed by atoms with Gasteiger partial charge in [-0.3, -0.25) is 21.1 Å². The predicted octanol–water partition coefficient (Wildman–Crippen LogP) is 0.644. The monoisotopic (exact) mass is 377 g/mol. The molecule has 0 spiro atoms. The Bertz CT molecular complexity index is 615. The van der Waals surface area contributed by atoms with Crippen LogP contribution in [0, 0.1) is 11.8 Å². The fourth-order valence-corrected chi connectivity index (χ4v) is 4.81. The standard InChI is InChI=1S/C19H28ClN5O/c20-16-11-22-24-18(16)19(26)25-8-4-7-14(12-25)17-15(10-21-23-17)9-13-5-2-1-3-6-13/h1-3,5-6,14-18,21-24H,4,7-12H2. The third kappa shape index (κ3) is 3.89. The normalized spacial score (nSPS) is 35.0. The number of carbonyl (C=O) groups is 1. The molecule has 5 atom stereocenters. The maximum absolute atomic E-state index is 12.8. The number of amides is 1. The van der Waals surface area contributed by atoms with Crippen molar-refractivity contribution in [2.75, 3.05) is 26.2 Å². The molecule has 26 heavy (non-hydrogen) atoms. The summed E-state index contributed by atoms with van der Waals surface area (Å²) < 4.78 is 0. The first-order valence-electron chi connectivity index (χ1n) is 9.66. The Morgan fingerprint density at radius 1 is 1.15 bits per heavy atom. The molecule has 3 saturated heterocycles. The number of hydrazine groups is 2. The summed E-state index contributed by atoms with van der Waals surface area (Å²) >= 11 is 6.27. The van der Waals surface area contributed by atoms with Gasteiger partial charge in [0, 0.05) is 32.2 Å². The van der Waals surface area contributed by atoms with E-state index in [1.165, 1.54) is 5.56 Å². The highest BCUT2D eigenvalue weighted by atomic mass is 35.5. The lowest BCUT2D eigenvalue weighted by atomic mass is 9.81. The Hall–Kier alpha value is -1.18. The van der Waals surface area contributed by atoms with E-state index in [0.717, 1.165) is 38.9 Å². The number of hydrogen-bond donors (Lipinski definition) is 4. The van der Waals surface area contributed by atoms with Crippen molar-refractivity contribution >= 4 is 17.5 Å². The van der Waals surface area contributed by atoms with Crippen LogP contribution in [-0.2, 0) is 11.2 Å². The van der Waals surface area contributed by atoms with Crippen molar-refractivity contribution in [1.82, 2.24) is 26.6 Å². The molecule has 6 nitrogen and oxygen atoms in total. The van der Waals surface area contributed by atoms with Crippen LogP contribution < -0.4 is 21.7 Å². The molecule has 0 saturated carbocycles. The van der Waals surface area contributed by atoms with Gasteiger partial charge in [-0.2, -0.15) is 0 Å². The molecule has 1 amide bonds. The Labute approximate surface area is 160 Å². The van der Waals surface area contributed by atoms with E-state index in [-0.39, 0.29) is 17.3 Å². The molecular formula is C19H28ClN5O. The summed E-state index contributed by atoms with van der Waals surface area (Å²) in [6.45, 7) is 3.25.